The van der Waals surface area contributed by atoms with E-state index in [1.807, 2.05) is 13.0 Å². The Labute approximate surface area is 112 Å². The average molecular weight is 265 g/mol. The van der Waals surface area contributed by atoms with Gasteiger partial charge in [-0.1, -0.05) is 0 Å². The van der Waals surface area contributed by atoms with Gasteiger partial charge in [0.25, 0.3) is 0 Å². The molecule has 19 heavy (non-hydrogen) atoms. The molecule has 0 amide bonds. The highest BCUT2D eigenvalue weighted by Gasteiger charge is 2.21. The van der Waals surface area contributed by atoms with E-state index in [1.54, 1.807) is 19.0 Å². The second kappa shape index (κ2) is 5.44. The summed E-state index contributed by atoms with van der Waals surface area (Å²) in [6.45, 7) is 4.73. The van der Waals surface area contributed by atoms with Crippen molar-refractivity contribution in [3.63, 3.8) is 0 Å². The van der Waals surface area contributed by atoms with Gasteiger partial charge in [-0.3, -0.25) is 0 Å². The molecule has 0 radical (unpaired) electrons. The van der Waals surface area contributed by atoms with Crippen LogP contribution in [0.4, 0.5) is 11.6 Å². The van der Waals surface area contributed by atoms with Crippen LogP contribution >= 0.6 is 0 Å². The van der Waals surface area contributed by atoms with Gasteiger partial charge >= 0.3 is 5.97 Å². The Morgan fingerprint density at radius 1 is 1.42 bits per heavy atom. The van der Waals surface area contributed by atoms with Crippen LogP contribution in [0, 0.1) is 6.92 Å². The van der Waals surface area contributed by atoms with Gasteiger partial charge < -0.3 is 19.6 Å². The number of aromatic carboxylic acids is 1. The highest BCUT2D eigenvalue weighted by Crippen LogP contribution is 2.25. The number of carboxylic acid groups (broad SMARTS) is 1. The molecule has 2 rings (SSSR count). The molecule has 0 unspecified atom stereocenters. The first-order chi connectivity index (χ1) is 9.00. The second-order valence-electron chi connectivity index (χ2n) is 4.79. The quantitative estimate of drug-likeness (QED) is 0.879. The number of aromatic nitrogens is 1. The van der Waals surface area contributed by atoms with Crippen LogP contribution in [-0.4, -0.2) is 56.5 Å². The molecule has 6 heteroatoms. The van der Waals surface area contributed by atoms with Gasteiger partial charge in [0.05, 0.1) is 13.2 Å². The number of rotatable bonds is 3. The van der Waals surface area contributed by atoms with Crippen molar-refractivity contribution in [1.82, 2.24) is 4.98 Å². The molecule has 1 aromatic heterocycles. The van der Waals surface area contributed by atoms with Gasteiger partial charge in [-0.25, -0.2) is 9.78 Å². The molecular formula is C13H19N3O3. The SMILES string of the molecule is Cc1cc(N2CCOCC2)nc(N(C)C)c1C(=O)O. The van der Waals surface area contributed by atoms with Crippen molar-refractivity contribution in [3.05, 3.63) is 17.2 Å². The highest BCUT2D eigenvalue weighted by atomic mass is 16.5. The van der Waals surface area contributed by atoms with Crippen LogP contribution in [0.2, 0.25) is 0 Å². The molecular weight excluding hydrogens is 246 g/mol. The van der Waals surface area contributed by atoms with Gasteiger partial charge in [0.2, 0.25) is 0 Å². The van der Waals surface area contributed by atoms with Gasteiger partial charge in [-0.2, -0.15) is 0 Å². The molecule has 1 aliphatic heterocycles. The maximum atomic E-state index is 11.3. The van der Waals surface area contributed by atoms with Crippen molar-refractivity contribution in [2.75, 3.05) is 50.2 Å². The number of aryl methyl sites for hydroxylation is 1. The van der Waals surface area contributed by atoms with Crippen molar-refractivity contribution in [2.45, 2.75) is 6.92 Å². The molecule has 0 aromatic carbocycles. The summed E-state index contributed by atoms with van der Waals surface area (Å²) in [4.78, 5) is 19.7. The molecule has 1 aromatic rings. The Bertz CT molecular complexity index is 482. The lowest BCUT2D eigenvalue weighted by Crippen LogP contribution is -2.37. The minimum atomic E-state index is -0.942. The molecule has 1 aliphatic rings. The fraction of sp³-hybridized carbons (Fsp3) is 0.538. The Balaban J connectivity index is 2.44. The van der Waals surface area contributed by atoms with Crippen molar-refractivity contribution in [2.24, 2.45) is 0 Å². The van der Waals surface area contributed by atoms with Crippen LogP contribution in [0.5, 0.6) is 0 Å². The smallest absolute Gasteiger partial charge is 0.339 e. The normalized spacial score (nSPS) is 15.4. The lowest BCUT2D eigenvalue weighted by atomic mass is 10.1. The van der Waals surface area contributed by atoms with Crippen molar-refractivity contribution < 1.29 is 14.6 Å². The second-order valence-corrected chi connectivity index (χ2v) is 4.79. The molecule has 0 aliphatic carbocycles. The van der Waals surface area contributed by atoms with E-state index >= 15 is 0 Å². The predicted molar refractivity (Wildman–Crippen MR) is 73.3 cm³/mol. The van der Waals surface area contributed by atoms with Crippen molar-refractivity contribution in [3.8, 4) is 0 Å². The molecule has 0 spiro atoms. The summed E-state index contributed by atoms with van der Waals surface area (Å²) in [7, 11) is 3.61. The minimum Gasteiger partial charge on any atom is -0.478 e. The summed E-state index contributed by atoms with van der Waals surface area (Å²) in [6, 6.07) is 1.84. The van der Waals surface area contributed by atoms with Crippen molar-refractivity contribution >= 4 is 17.6 Å². The van der Waals surface area contributed by atoms with E-state index in [0.717, 1.165) is 24.5 Å². The maximum absolute atomic E-state index is 11.3. The monoisotopic (exact) mass is 265 g/mol. The van der Waals surface area contributed by atoms with Crippen molar-refractivity contribution in [1.29, 1.82) is 0 Å². The zero-order valence-electron chi connectivity index (χ0n) is 11.5. The highest BCUT2D eigenvalue weighted by molar-refractivity contribution is 5.95. The third kappa shape index (κ3) is 2.78. The minimum absolute atomic E-state index is 0.266. The van der Waals surface area contributed by atoms with E-state index in [1.165, 1.54) is 0 Å². The van der Waals surface area contributed by atoms with Crippen LogP contribution in [-0.2, 0) is 4.74 Å². The summed E-state index contributed by atoms with van der Waals surface area (Å²) in [5.74, 6) is 0.366. The van der Waals surface area contributed by atoms with E-state index in [4.69, 9.17) is 4.74 Å². The Morgan fingerprint density at radius 2 is 2.05 bits per heavy atom. The van der Waals surface area contributed by atoms with E-state index in [2.05, 4.69) is 9.88 Å². The number of carbonyl (C=O) groups is 1. The van der Waals surface area contributed by atoms with Gasteiger partial charge in [0, 0.05) is 27.2 Å². The fourth-order valence-corrected chi connectivity index (χ4v) is 2.18. The topological polar surface area (TPSA) is 65.9 Å². The number of hydrogen-bond acceptors (Lipinski definition) is 5. The average Bonchev–Trinajstić information content (AvgIpc) is 2.38. The van der Waals surface area contributed by atoms with Gasteiger partial charge in [-0.05, 0) is 18.6 Å². The lowest BCUT2D eigenvalue weighted by molar-refractivity contribution is 0.0696. The fourth-order valence-electron chi connectivity index (χ4n) is 2.18. The zero-order chi connectivity index (χ0) is 14.0. The standard InChI is InChI=1S/C13H19N3O3/c1-9-8-10(16-4-6-19-7-5-16)14-12(15(2)3)11(9)13(17)18/h8H,4-7H2,1-3H3,(H,17,18). The van der Waals surface area contributed by atoms with Crippen LogP contribution < -0.4 is 9.80 Å². The summed E-state index contributed by atoms with van der Waals surface area (Å²) in [5, 5.41) is 9.30. The molecule has 0 saturated carbocycles. The van der Waals surface area contributed by atoms with E-state index in [-0.39, 0.29) is 5.56 Å². The number of ether oxygens (including phenoxy) is 1. The number of carboxylic acids is 1. The first kappa shape index (κ1) is 13.6. The van der Waals surface area contributed by atoms with E-state index in [9.17, 15) is 9.90 Å². The molecule has 1 N–H and O–H groups in total. The summed E-state index contributed by atoms with van der Waals surface area (Å²) in [6.07, 6.45) is 0. The van der Waals surface area contributed by atoms with Gasteiger partial charge in [-0.15, -0.1) is 0 Å². The van der Waals surface area contributed by atoms with Crippen LogP contribution in [0.3, 0.4) is 0 Å². The maximum Gasteiger partial charge on any atom is 0.339 e. The van der Waals surface area contributed by atoms with E-state index < -0.39 is 5.97 Å². The molecule has 0 bridgehead atoms. The molecule has 2 heterocycles. The Morgan fingerprint density at radius 3 is 2.58 bits per heavy atom. The molecule has 0 atom stereocenters. The van der Waals surface area contributed by atoms with Crippen LogP contribution in [0.25, 0.3) is 0 Å². The summed E-state index contributed by atoms with van der Waals surface area (Å²) in [5.41, 5.74) is 0.995. The third-order valence-electron chi connectivity index (χ3n) is 3.16. The first-order valence-electron chi connectivity index (χ1n) is 6.25. The molecule has 1 saturated heterocycles. The number of pyridine rings is 1. The number of anilines is 2. The summed E-state index contributed by atoms with van der Waals surface area (Å²) >= 11 is 0. The largest absolute Gasteiger partial charge is 0.478 e. The van der Waals surface area contributed by atoms with Crippen LogP contribution in [0.15, 0.2) is 6.07 Å². The third-order valence-corrected chi connectivity index (χ3v) is 3.16. The summed E-state index contributed by atoms with van der Waals surface area (Å²) < 4.78 is 5.32. The van der Waals surface area contributed by atoms with Crippen LogP contribution in [0.1, 0.15) is 15.9 Å². The number of morpholine rings is 1. The lowest BCUT2D eigenvalue weighted by Gasteiger charge is -2.29. The Kier molecular flexibility index (Phi) is 3.90. The zero-order valence-corrected chi connectivity index (χ0v) is 11.5. The van der Waals surface area contributed by atoms with Gasteiger partial charge in [0.1, 0.15) is 17.2 Å². The predicted octanol–water partition coefficient (Wildman–Crippen LogP) is 0.991. The van der Waals surface area contributed by atoms with E-state index in [0.29, 0.717) is 19.0 Å². The number of hydrogen-bond donors (Lipinski definition) is 1. The van der Waals surface area contributed by atoms with Gasteiger partial charge in [0.15, 0.2) is 0 Å². The first-order valence-corrected chi connectivity index (χ1v) is 6.25. The molecule has 6 nitrogen and oxygen atoms in total. The molecule has 104 valence electrons. The Hall–Kier alpha value is -1.82. The molecule has 1 fully saturated rings. The number of nitrogens with zero attached hydrogens (tertiary/aromatic N) is 3.